The topological polar surface area (TPSA) is 57.8 Å². The molecule has 4 nitrogen and oxygen atoms in total. The third-order valence-electron chi connectivity index (χ3n) is 3.06. The van der Waals surface area contributed by atoms with E-state index in [0.717, 1.165) is 17.6 Å². The number of nitrogens with one attached hydrogen (secondary N) is 2. The molecule has 1 saturated heterocycles. The SMILES string of the molecule is O=c1cnc2cc(C3CCCN3)ccc2[nH]1. The summed E-state index contributed by atoms with van der Waals surface area (Å²) in [6.07, 6.45) is 3.73. The average molecular weight is 215 g/mol. The number of fused-ring (bicyclic) bond motifs is 1. The summed E-state index contributed by atoms with van der Waals surface area (Å²) in [5.74, 6) is 0. The zero-order chi connectivity index (χ0) is 11.0. The Morgan fingerprint density at radius 2 is 2.31 bits per heavy atom. The summed E-state index contributed by atoms with van der Waals surface area (Å²) in [6, 6.07) is 6.48. The molecular weight excluding hydrogens is 202 g/mol. The normalized spacial score (nSPS) is 20.4. The van der Waals surface area contributed by atoms with Gasteiger partial charge in [-0.25, -0.2) is 4.98 Å². The van der Waals surface area contributed by atoms with Gasteiger partial charge in [0.25, 0.3) is 5.56 Å². The van der Waals surface area contributed by atoms with Gasteiger partial charge in [0, 0.05) is 6.04 Å². The molecule has 1 unspecified atom stereocenters. The van der Waals surface area contributed by atoms with Gasteiger partial charge in [0.05, 0.1) is 17.2 Å². The van der Waals surface area contributed by atoms with Crippen LogP contribution in [-0.4, -0.2) is 16.5 Å². The van der Waals surface area contributed by atoms with E-state index in [2.05, 4.69) is 21.4 Å². The lowest BCUT2D eigenvalue weighted by atomic mass is 10.0. The van der Waals surface area contributed by atoms with Gasteiger partial charge in [-0.3, -0.25) is 4.79 Å². The molecule has 16 heavy (non-hydrogen) atoms. The summed E-state index contributed by atoms with van der Waals surface area (Å²) in [7, 11) is 0. The molecule has 4 heteroatoms. The van der Waals surface area contributed by atoms with Crippen LogP contribution in [0.4, 0.5) is 0 Å². The molecule has 3 rings (SSSR count). The third kappa shape index (κ3) is 1.61. The number of H-pyrrole nitrogens is 1. The molecule has 82 valence electrons. The molecule has 0 aliphatic carbocycles. The van der Waals surface area contributed by atoms with Gasteiger partial charge >= 0.3 is 0 Å². The molecule has 1 aromatic heterocycles. The van der Waals surface area contributed by atoms with Crippen LogP contribution >= 0.6 is 0 Å². The first-order valence-electron chi connectivity index (χ1n) is 5.55. The summed E-state index contributed by atoms with van der Waals surface area (Å²) in [5, 5.41) is 3.45. The Kier molecular flexibility index (Phi) is 2.22. The summed E-state index contributed by atoms with van der Waals surface area (Å²) in [4.78, 5) is 18.0. The van der Waals surface area contributed by atoms with Crippen molar-refractivity contribution in [3.63, 3.8) is 0 Å². The van der Waals surface area contributed by atoms with Gasteiger partial charge in [-0.15, -0.1) is 0 Å². The van der Waals surface area contributed by atoms with Crippen LogP contribution in [0.1, 0.15) is 24.4 Å². The van der Waals surface area contributed by atoms with E-state index < -0.39 is 0 Å². The van der Waals surface area contributed by atoms with Gasteiger partial charge in [-0.2, -0.15) is 0 Å². The van der Waals surface area contributed by atoms with E-state index in [4.69, 9.17) is 0 Å². The predicted octanol–water partition coefficient (Wildman–Crippen LogP) is 1.35. The highest BCUT2D eigenvalue weighted by Gasteiger charge is 2.16. The summed E-state index contributed by atoms with van der Waals surface area (Å²) < 4.78 is 0. The van der Waals surface area contributed by atoms with Crippen molar-refractivity contribution in [1.82, 2.24) is 15.3 Å². The molecule has 0 spiro atoms. The van der Waals surface area contributed by atoms with E-state index in [1.807, 2.05) is 12.1 Å². The van der Waals surface area contributed by atoms with Crippen LogP contribution in [0, 0.1) is 0 Å². The molecule has 0 bridgehead atoms. The van der Waals surface area contributed by atoms with Crippen molar-refractivity contribution >= 4 is 11.0 Å². The Labute approximate surface area is 92.7 Å². The fraction of sp³-hybridized carbons (Fsp3) is 0.333. The minimum Gasteiger partial charge on any atom is -0.319 e. The van der Waals surface area contributed by atoms with Crippen molar-refractivity contribution in [2.24, 2.45) is 0 Å². The van der Waals surface area contributed by atoms with E-state index >= 15 is 0 Å². The lowest BCUT2D eigenvalue weighted by Gasteiger charge is -2.10. The standard InChI is InChI=1S/C12H13N3O/c16-12-7-14-11-6-8(3-4-10(11)15-12)9-2-1-5-13-9/h3-4,6-7,9,13H,1-2,5H2,(H,15,16). The van der Waals surface area contributed by atoms with Crippen LogP contribution in [-0.2, 0) is 0 Å². The van der Waals surface area contributed by atoms with Crippen LogP contribution in [0.15, 0.2) is 29.2 Å². The van der Waals surface area contributed by atoms with Crippen molar-refractivity contribution in [2.45, 2.75) is 18.9 Å². The Morgan fingerprint density at radius 3 is 3.12 bits per heavy atom. The number of aromatic nitrogens is 2. The van der Waals surface area contributed by atoms with Gasteiger partial charge < -0.3 is 10.3 Å². The molecule has 2 heterocycles. The Hall–Kier alpha value is -1.68. The van der Waals surface area contributed by atoms with E-state index in [1.54, 1.807) is 0 Å². The molecular formula is C12H13N3O. The van der Waals surface area contributed by atoms with Crippen molar-refractivity contribution in [2.75, 3.05) is 6.54 Å². The predicted molar refractivity (Wildman–Crippen MR) is 62.3 cm³/mol. The van der Waals surface area contributed by atoms with Gasteiger partial charge in [0.1, 0.15) is 0 Å². The van der Waals surface area contributed by atoms with Gasteiger partial charge in [0.2, 0.25) is 0 Å². The van der Waals surface area contributed by atoms with Crippen molar-refractivity contribution in [1.29, 1.82) is 0 Å². The van der Waals surface area contributed by atoms with E-state index in [9.17, 15) is 4.79 Å². The highest BCUT2D eigenvalue weighted by molar-refractivity contribution is 5.74. The Morgan fingerprint density at radius 1 is 1.38 bits per heavy atom. The molecule has 1 aliphatic rings. The largest absolute Gasteiger partial charge is 0.319 e. The number of benzene rings is 1. The molecule has 0 radical (unpaired) electrons. The highest BCUT2D eigenvalue weighted by atomic mass is 16.1. The molecule has 2 aromatic rings. The minimum absolute atomic E-state index is 0.153. The molecule has 2 N–H and O–H groups in total. The van der Waals surface area contributed by atoms with Gasteiger partial charge in [-0.05, 0) is 37.1 Å². The number of rotatable bonds is 1. The zero-order valence-electron chi connectivity index (χ0n) is 8.86. The lowest BCUT2D eigenvalue weighted by Crippen LogP contribution is -2.13. The highest BCUT2D eigenvalue weighted by Crippen LogP contribution is 2.24. The van der Waals surface area contributed by atoms with Gasteiger partial charge in [-0.1, -0.05) is 6.07 Å². The number of aromatic amines is 1. The Bertz CT molecular complexity index is 570. The smallest absolute Gasteiger partial charge is 0.266 e. The second kappa shape index (κ2) is 3.72. The van der Waals surface area contributed by atoms with Crippen LogP contribution in [0.2, 0.25) is 0 Å². The van der Waals surface area contributed by atoms with E-state index in [0.29, 0.717) is 6.04 Å². The molecule has 1 fully saturated rings. The van der Waals surface area contributed by atoms with Gasteiger partial charge in [0.15, 0.2) is 0 Å². The van der Waals surface area contributed by atoms with E-state index in [-0.39, 0.29) is 5.56 Å². The summed E-state index contributed by atoms with van der Waals surface area (Å²) in [5.41, 5.74) is 2.75. The fourth-order valence-electron chi connectivity index (χ4n) is 2.24. The van der Waals surface area contributed by atoms with Crippen LogP contribution in [0.25, 0.3) is 11.0 Å². The fourth-order valence-corrected chi connectivity index (χ4v) is 2.24. The van der Waals surface area contributed by atoms with Crippen molar-refractivity contribution in [3.8, 4) is 0 Å². The summed E-state index contributed by atoms with van der Waals surface area (Å²) in [6.45, 7) is 1.09. The maximum absolute atomic E-state index is 11.1. The number of hydrogen-bond acceptors (Lipinski definition) is 3. The Balaban J connectivity index is 2.08. The first kappa shape index (κ1) is 9.54. The van der Waals surface area contributed by atoms with Crippen LogP contribution < -0.4 is 10.9 Å². The van der Waals surface area contributed by atoms with Crippen LogP contribution in [0.3, 0.4) is 0 Å². The van der Waals surface area contributed by atoms with Crippen LogP contribution in [0.5, 0.6) is 0 Å². The number of hydrogen-bond donors (Lipinski definition) is 2. The molecule has 0 saturated carbocycles. The molecule has 1 atom stereocenters. The first-order valence-corrected chi connectivity index (χ1v) is 5.55. The molecule has 1 aliphatic heterocycles. The van der Waals surface area contributed by atoms with E-state index in [1.165, 1.54) is 24.6 Å². The average Bonchev–Trinajstić information content (AvgIpc) is 2.82. The second-order valence-corrected chi connectivity index (χ2v) is 4.17. The monoisotopic (exact) mass is 215 g/mol. The van der Waals surface area contributed by atoms with Crippen molar-refractivity contribution in [3.05, 3.63) is 40.3 Å². The third-order valence-corrected chi connectivity index (χ3v) is 3.06. The maximum atomic E-state index is 11.1. The molecule has 1 aromatic carbocycles. The molecule has 0 amide bonds. The first-order chi connectivity index (χ1) is 7.83. The maximum Gasteiger partial charge on any atom is 0.266 e. The minimum atomic E-state index is -0.153. The quantitative estimate of drug-likeness (QED) is 0.755. The summed E-state index contributed by atoms with van der Waals surface area (Å²) >= 11 is 0. The number of nitrogens with zero attached hydrogens (tertiary/aromatic N) is 1. The zero-order valence-corrected chi connectivity index (χ0v) is 8.86. The lowest BCUT2D eigenvalue weighted by molar-refractivity contribution is 0.648. The van der Waals surface area contributed by atoms with Crippen molar-refractivity contribution < 1.29 is 0 Å². The second-order valence-electron chi connectivity index (χ2n) is 4.17.